The van der Waals surface area contributed by atoms with Crippen LogP contribution < -0.4 is 4.90 Å². The number of carboxylic acid groups (broad SMARTS) is 1. The van der Waals surface area contributed by atoms with Crippen molar-refractivity contribution in [2.24, 2.45) is 0 Å². The number of esters is 1. The standard InChI is InChI=1S/C14H18N2O4S/c1-4-20-14(19)12-9(2)10(3)21-13(12)16(8-6-15)7-5-11(17)18/h4-5,7-8H2,1-3H3,(H,17,18). The maximum absolute atomic E-state index is 12.1. The fourth-order valence-electron chi connectivity index (χ4n) is 1.84. The zero-order valence-corrected chi connectivity index (χ0v) is 13.1. The number of carboxylic acids is 1. The van der Waals surface area contributed by atoms with Crippen LogP contribution in [0, 0.1) is 25.2 Å². The van der Waals surface area contributed by atoms with Crippen LogP contribution in [-0.4, -0.2) is 36.7 Å². The van der Waals surface area contributed by atoms with E-state index >= 15 is 0 Å². The Morgan fingerprint density at radius 3 is 2.62 bits per heavy atom. The number of nitrogens with zero attached hydrogens (tertiary/aromatic N) is 2. The van der Waals surface area contributed by atoms with E-state index in [9.17, 15) is 9.59 Å². The zero-order chi connectivity index (χ0) is 16.0. The minimum Gasteiger partial charge on any atom is -0.481 e. The first-order valence-electron chi connectivity index (χ1n) is 6.53. The van der Waals surface area contributed by atoms with Crippen LogP contribution in [0.25, 0.3) is 0 Å². The Labute approximate surface area is 127 Å². The number of carbonyl (C=O) groups excluding carboxylic acids is 1. The lowest BCUT2D eigenvalue weighted by Gasteiger charge is -2.20. The molecular formula is C14H18N2O4S. The number of aliphatic carboxylic acids is 1. The molecule has 0 unspecified atom stereocenters. The molecule has 1 aromatic heterocycles. The number of rotatable bonds is 7. The van der Waals surface area contributed by atoms with E-state index in [1.165, 1.54) is 11.3 Å². The molecule has 0 aliphatic heterocycles. The van der Waals surface area contributed by atoms with Crippen molar-refractivity contribution in [2.75, 3.05) is 24.6 Å². The van der Waals surface area contributed by atoms with E-state index in [0.717, 1.165) is 10.4 Å². The summed E-state index contributed by atoms with van der Waals surface area (Å²) in [6, 6.07) is 2.00. The van der Waals surface area contributed by atoms with Crippen LogP contribution in [0.3, 0.4) is 0 Å². The lowest BCUT2D eigenvalue weighted by molar-refractivity contribution is -0.136. The average molecular weight is 310 g/mol. The molecule has 0 saturated heterocycles. The van der Waals surface area contributed by atoms with Gasteiger partial charge in [-0.05, 0) is 26.3 Å². The summed E-state index contributed by atoms with van der Waals surface area (Å²) in [6.07, 6.45) is -0.0973. The fourth-order valence-corrected chi connectivity index (χ4v) is 3.01. The highest BCUT2D eigenvalue weighted by Crippen LogP contribution is 2.36. The summed E-state index contributed by atoms with van der Waals surface area (Å²) in [7, 11) is 0. The highest BCUT2D eigenvalue weighted by atomic mass is 32.1. The number of ether oxygens (including phenoxy) is 1. The molecule has 0 spiro atoms. The third kappa shape index (κ3) is 4.20. The number of hydrogen-bond donors (Lipinski definition) is 1. The van der Waals surface area contributed by atoms with Gasteiger partial charge in [-0.3, -0.25) is 4.79 Å². The smallest absolute Gasteiger partial charge is 0.341 e. The van der Waals surface area contributed by atoms with Crippen molar-refractivity contribution < 1.29 is 19.4 Å². The number of nitriles is 1. The Balaban J connectivity index is 3.18. The van der Waals surface area contributed by atoms with Gasteiger partial charge < -0.3 is 14.7 Å². The maximum atomic E-state index is 12.1. The summed E-state index contributed by atoms with van der Waals surface area (Å²) >= 11 is 1.38. The molecule has 0 fully saturated rings. The van der Waals surface area contributed by atoms with Crippen molar-refractivity contribution in [2.45, 2.75) is 27.2 Å². The van der Waals surface area contributed by atoms with E-state index in [4.69, 9.17) is 15.1 Å². The van der Waals surface area contributed by atoms with Gasteiger partial charge in [0.15, 0.2) is 0 Å². The molecular weight excluding hydrogens is 292 g/mol. The van der Waals surface area contributed by atoms with Crippen LogP contribution in [0.5, 0.6) is 0 Å². The zero-order valence-electron chi connectivity index (χ0n) is 12.3. The first-order chi connectivity index (χ1) is 9.92. The van der Waals surface area contributed by atoms with E-state index in [2.05, 4.69) is 0 Å². The predicted molar refractivity (Wildman–Crippen MR) is 79.8 cm³/mol. The van der Waals surface area contributed by atoms with Crippen LogP contribution in [0.4, 0.5) is 5.00 Å². The van der Waals surface area contributed by atoms with Crippen LogP contribution in [0.1, 0.15) is 34.1 Å². The van der Waals surface area contributed by atoms with E-state index in [1.54, 1.807) is 11.8 Å². The molecule has 114 valence electrons. The van der Waals surface area contributed by atoms with Crippen molar-refractivity contribution in [1.29, 1.82) is 5.26 Å². The molecule has 0 bridgehead atoms. The molecule has 0 atom stereocenters. The van der Waals surface area contributed by atoms with Gasteiger partial charge in [0.2, 0.25) is 0 Å². The average Bonchev–Trinajstić information content (AvgIpc) is 2.71. The molecule has 1 aromatic rings. The Kier molecular flexibility index (Phi) is 6.18. The summed E-state index contributed by atoms with van der Waals surface area (Å²) in [4.78, 5) is 25.4. The van der Waals surface area contributed by atoms with Gasteiger partial charge in [-0.25, -0.2) is 4.79 Å². The van der Waals surface area contributed by atoms with Crippen molar-refractivity contribution >= 4 is 28.3 Å². The summed E-state index contributed by atoms with van der Waals surface area (Å²) in [6.45, 7) is 5.90. The SMILES string of the molecule is CCOC(=O)c1c(N(CC#N)CCC(=O)O)sc(C)c1C. The molecule has 1 rings (SSSR count). The monoisotopic (exact) mass is 310 g/mol. The number of hydrogen-bond acceptors (Lipinski definition) is 6. The van der Waals surface area contributed by atoms with Crippen molar-refractivity contribution in [1.82, 2.24) is 0 Å². The third-order valence-corrected chi connectivity index (χ3v) is 4.26. The van der Waals surface area contributed by atoms with Crippen molar-refractivity contribution in [3.63, 3.8) is 0 Å². The molecule has 1 N–H and O–H groups in total. The second kappa shape index (κ2) is 7.64. The van der Waals surface area contributed by atoms with E-state index in [-0.39, 0.29) is 26.1 Å². The van der Waals surface area contributed by atoms with Gasteiger partial charge in [0.25, 0.3) is 0 Å². The fraction of sp³-hybridized carbons (Fsp3) is 0.500. The largest absolute Gasteiger partial charge is 0.481 e. The van der Waals surface area contributed by atoms with Crippen LogP contribution in [0.15, 0.2) is 0 Å². The number of carbonyl (C=O) groups is 2. The van der Waals surface area contributed by atoms with E-state index in [0.29, 0.717) is 10.6 Å². The Morgan fingerprint density at radius 2 is 2.10 bits per heavy atom. The number of anilines is 1. The Hall–Kier alpha value is -2.07. The summed E-state index contributed by atoms with van der Waals surface area (Å²) in [5, 5.41) is 18.3. The van der Waals surface area contributed by atoms with Gasteiger partial charge in [0.1, 0.15) is 11.5 Å². The molecule has 0 radical (unpaired) electrons. The van der Waals surface area contributed by atoms with Crippen LogP contribution in [-0.2, 0) is 9.53 Å². The van der Waals surface area contributed by atoms with Gasteiger partial charge in [-0.1, -0.05) is 0 Å². The number of thiophene rings is 1. The lowest BCUT2D eigenvalue weighted by Crippen LogP contribution is -2.27. The predicted octanol–water partition coefficient (Wildman–Crippen LogP) is 2.35. The minimum atomic E-state index is -0.944. The van der Waals surface area contributed by atoms with E-state index < -0.39 is 11.9 Å². The molecule has 0 aliphatic carbocycles. The summed E-state index contributed by atoms with van der Waals surface area (Å²) in [5.41, 5.74) is 1.24. The molecule has 1 heterocycles. The van der Waals surface area contributed by atoms with Crippen molar-refractivity contribution in [3.8, 4) is 6.07 Å². The topological polar surface area (TPSA) is 90.6 Å². The summed E-state index contributed by atoms with van der Waals surface area (Å²) in [5.74, 6) is -1.38. The molecule has 7 heteroatoms. The molecule has 0 aliphatic rings. The highest BCUT2D eigenvalue weighted by Gasteiger charge is 2.24. The van der Waals surface area contributed by atoms with Crippen LogP contribution in [0.2, 0.25) is 0 Å². The Morgan fingerprint density at radius 1 is 1.43 bits per heavy atom. The second-order valence-corrected chi connectivity index (χ2v) is 5.61. The molecule has 0 aromatic carbocycles. The quantitative estimate of drug-likeness (QED) is 0.614. The Bertz CT molecular complexity index is 574. The van der Waals surface area contributed by atoms with Gasteiger partial charge in [-0.2, -0.15) is 5.26 Å². The summed E-state index contributed by atoms with van der Waals surface area (Å²) < 4.78 is 5.06. The third-order valence-electron chi connectivity index (χ3n) is 2.99. The molecule has 0 saturated carbocycles. The van der Waals surface area contributed by atoms with Crippen molar-refractivity contribution in [3.05, 3.63) is 16.0 Å². The van der Waals surface area contributed by atoms with E-state index in [1.807, 2.05) is 19.9 Å². The highest BCUT2D eigenvalue weighted by molar-refractivity contribution is 7.16. The molecule has 6 nitrogen and oxygen atoms in total. The molecule has 21 heavy (non-hydrogen) atoms. The minimum absolute atomic E-state index is 0.0269. The lowest BCUT2D eigenvalue weighted by atomic mass is 10.1. The van der Waals surface area contributed by atoms with Crippen LogP contribution >= 0.6 is 11.3 Å². The van der Waals surface area contributed by atoms with Gasteiger partial charge >= 0.3 is 11.9 Å². The van der Waals surface area contributed by atoms with Gasteiger partial charge in [0, 0.05) is 11.4 Å². The first kappa shape index (κ1) is 17.0. The normalized spacial score (nSPS) is 10.0. The van der Waals surface area contributed by atoms with Gasteiger partial charge in [0.05, 0.1) is 24.7 Å². The maximum Gasteiger partial charge on any atom is 0.341 e. The number of aryl methyl sites for hydroxylation is 1. The second-order valence-electron chi connectivity index (χ2n) is 4.41. The van der Waals surface area contributed by atoms with Gasteiger partial charge in [-0.15, -0.1) is 11.3 Å². The molecule has 0 amide bonds. The first-order valence-corrected chi connectivity index (χ1v) is 7.34.